The number of nitrogens with zero attached hydrogens (tertiary/aromatic N) is 2. The Balaban J connectivity index is 0.00000116. The molecule has 4 aromatic rings. The summed E-state index contributed by atoms with van der Waals surface area (Å²) in [5.74, 6) is -1.40. The highest BCUT2D eigenvalue weighted by Gasteiger charge is 2.40. The second-order valence-electron chi connectivity index (χ2n) is 18.5. The van der Waals surface area contributed by atoms with E-state index >= 15 is 0 Å². The van der Waals surface area contributed by atoms with Crippen LogP contribution in [0, 0.1) is 11.6 Å². The lowest BCUT2D eigenvalue weighted by Crippen LogP contribution is -2.56. The summed E-state index contributed by atoms with van der Waals surface area (Å²) in [4.78, 5) is 63.0. The molecular formula is C47H66F2N6O8. The molecule has 4 N–H and O–H groups in total. The Morgan fingerprint density at radius 2 is 1.17 bits per heavy atom. The molecule has 0 bridgehead atoms. The summed E-state index contributed by atoms with van der Waals surface area (Å²) in [6.45, 7) is 15.7. The van der Waals surface area contributed by atoms with Crippen molar-refractivity contribution in [3.63, 3.8) is 0 Å². The fraction of sp³-hybridized carbons (Fsp3) is 0.574. The summed E-state index contributed by atoms with van der Waals surface area (Å²) in [5, 5.41) is 6.90. The van der Waals surface area contributed by atoms with Gasteiger partial charge in [0, 0.05) is 68.3 Å². The molecule has 6 rings (SSSR count). The van der Waals surface area contributed by atoms with E-state index in [2.05, 4.69) is 20.6 Å². The Kier molecular flexibility index (Phi) is 16.0. The fourth-order valence-corrected chi connectivity index (χ4v) is 8.38. The third-order valence-corrected chi connectivity index (χ3v) is 11.9. The first-order chi connectivity index (χ1) is 29.7. The number of ether oxygens (including phenoxy) is 4. The topological polar surface area (TPSA) is 167 Å². The maximum Gasteiger partial charge on any atom is 0.408 e. The molecule has 14 nitrogen and oxygen atoms in total. The number of aromatic nitrogens is 2. The number of alkyl carbamates (subject to hydrolysis) is 1. The average molecular weight is 881 g/mol. The summed E-state index contributed by atoms with van der Waals surface area (Å²) >= 11 is 0. The monoisotopic (exact) mass is 880 g/mol. The Bertz CT molecular complexity index is 2230. The van der Waals surface area contributed by atoms with Crippen LogP contribution in [-0.4, -0.2) is 126 Å². The number of hydrogen-bond acceptors (Lipinski definition) is 8. The zero-order valence-electron chi connectivity index (χ0n) is 38.6. The van der Waals surface area contributed by atoms with Crippen molar-refractivity contribution in [3.05, 3.63) is 59.2 Å². The van der Waals surface area contributed by atoms with Gasteiger partial charge in [0.2, 0.25) is 18.2 Å². The first kappa shape index (κ1) is 49.0. The molecule has 0 saturated carbocycles. The van der Waals surface area contributed by atoms with E-state index in [1.54, 1.807) is 63.7 Å². The van der Waals surface area contributed by atoms with Gasteiger partial charge in [-0.25, -0.2) is 13.6 Å². The van der Waals surface area contributed by atoms with Crippen LogP contribution in [0.1, 0.15) is 92.2 Å². The number of likely N-dealkylation sites (tertiary alicyclic amines) is 2. The number of nitrogens with one attached hydrogen (secondary N) is 4. The molecule has 2 aliphatic rings. The zero-order chi connectivity index (χ0) is 46.4. The molecule has 0 aliphatic carbocycles. The maximum atomic E-state index is 14.8. The molecule has 2 saturated heterocycles. The van der Waals surface area contributed by atoms with E-state index in [4.69, 9.17) is 18.9 Å². The van der Waals surface area contributed by atoms with Crippen molar-refractivity contribution in [2.75, 3.05) is 34.4 Å². The number of H-pyrrole nitrogens is 2. The van der Waals surface area contributed by atoms with Gasteiger partial charge in [0.1, 0.15) is 29.3 Å². The molecular weight excluding hydrogens is 815 g/mol. The first-order valence-corrected chi connectivity index (χ1v) is 21.7. The number of aromatic amines is 2. The predicted octanol–water partition coefficient (Wildman–Crippen LogP) is 7.17. The minimum atomic E-state index is -1.01. The summed E-state index contributed by atoms with van der Waals surface area (Å²) < 4.78 is 50.9. The smallest absolute Gasteiger partial charge is 0.408 e. The van der Waals surface area contributed by atoms with E-state index in [0.29, 0.717) is 67.6 Å². The van der Waals surface area contributed by atoms with Gasteiger partial charge in [-0.2, -0.15) is 0 Å². The first-order valence-electron chi connectivity index (χ1n) is 21.7. The normalized spacial score (nSPS) is 18.7. The summed E-state index contributed by atoms with van der Waals surface area (Å²) in [6, 6.07) is 6.68. The number of carbonyl (C=O) groups is 4. The lowest BCUT2D eigenvalue weighted by atomic mass is 9.95. The van der Waals surface area contributed by atoms with Crippen LogP contribution in [0.4, 0.5) is 13.6 Å². The fourth-order valence-electron chi connectivity index (χ4n) is 8.38. The maximum absolute atomic E-state index is 14.8. The lowest BCUT2D eigenvalue weighted by Gasteiger charge is -2.32. The van der Waals surface area contributed by atoms with Gasteiger partial charge in [-0.3, -0.25) is 14.4 Å². The number of amides is 4. The molecule has 2 aromatic heterocycles. The highest BCUT2D eigenvalue weighted by atomic mass is 19.1. The van der Waals surface area contributed by atoms with Gasteiger partial charge in [0.05, 0.1) is 29.2 Å². The SMILES string of the molecule is COC(C)(C)C.COC(C)C(NC=O)C(=O)N1CCCC1Cc1c(-c2[nH]c3cc(F)ccc3c2CC2CCCN2C(=O)C(NC(=O)OC(C)(C)C)C(C)OC)[nH]c2cc(F)ccc12. The van der Waals surface area contributed by atoms with Gasteiger partial charge in [0.25, 0.3) is 0 Å². The van der Waals surface area contributed by atoms with Gasteiger partial charge in [-0.1, -0.05) is 0 Å². The van der Waals surface area contributed by atoms with Crippen molar-refractivity contribution in [2.45, 2.75) is 141 Å². The number of fused-ring (bicyclic) bond motifs is 2. The average Bonchev–Trinajstić information content (AvgIpc) is 4.03. The number of benzene rings is 2. The molecule has 63 heavy (non-hydrogen) atoms. The van der Waals surface area contributed by atoms with Crippen LogP contribution in [0.5, 0.6) is 0 Å². The number of rotatable bonds is 14. The minimum Gasteiger partial charge on any atom is -0.444 e. The van der Waals surface area contributed by atoms with Crippen LogP contribution in [0.15, 0.2) is 36.4 Å². The third-order valence-electron chi connectivity index (χ3n) is 11.9. The van der Waals surface area contributed by atoms with E-state index in [1.807, 2.05) is 20.8 Å². The molecule has 6 unspecified atom stereocenters. The highest BCUT2D eigenvalue weighted by molar-refractivity contribution is 5.96. The standard InChI is InChI=1S/C42H54F2N6O7.C5H12O/c1-23(55-6)35(45-22-51)39(52)49-16-8-10-27(49)20-31-29-14-12-25(43)18-33(29)46-37(31)38-32(30-15-13-26(44)19-34(30)47-38)21-28-11-9-17-50(28)40(53)36(24(2)56-7)48-41(54)57-42(3,4)5;1-5(2,3)6-4/h12-15,18-19,22-24,27-28,35-36,46-47H,8-11,16-17,20-21H2,1-7H3,(H,45,51)(H,48,54);1-4H3. The number of halogens is 2. The molecule has 4 amide bonds. The van der Waals surface area contributed by atoms with Crippen LogP contribution in [0.25, 0.3) is 33.2 Å². The highest BCUT2D eigenvalue weighted by Crippen LogP contribution is 2.40. The van der Waals surface area contributed by atoms with E-state index < -0.39 is 47.6 Å². The molecule has 6 atom stereocenters. The molecule has 16 heteroatoms. The Morgan fingerprint density at radius 3 is 1.57 bits per heavy atom. The lowest BCUT2D eigenvalue weighted by molar-refractivity contribution is -0.139. The van der Waals surface area contributed by atoms with Gasteiger partial charge in [-0.05, 0) is 141 Å². The third kappa shape index (κ3) is 11.9. The van der Waals surface area contributed by atoms with E-state index in [-0.39, 0.29) is 29.5 Å². The van der Waals surface area contributed by atoms with Crippen molar-refractivity contribution >= 4 is 46.1 Å². The summed E-state index contributed by atoms with van der Waals surface area (Å²) in [6.07, 6.45) is 2.23. The van der Waals surface area contributed by atoms with Crippen molar-refractivity contribution in [3.8, 4) is 11.4 Å². The van der Waals surface area contributed by atoms with Crippen molar-refractivity contribution < 1.29 is 46.9 Å². The summed E-state index contributed by atoms with van der Waals surface area (Å²) in [7, 11) is 4.67. The van der Waals surface area contributed by atoms with Crippen LogP contribution in [0.2, 0.25) is 0 Å². The van der Waals surface area contributed by atoms with Crippen LogP contribution in [-0.2, 0) is 46.2 Å². The second-order valence-corrected chi connectivity index (χ2v) is 18.5. The Hall–Kier alpha value is -5.06. The summed E-state index contributed by atoms with van der Waals surface area (Å²) in [5.41, 5.74) is 3.40. The Labute approximate surface area is 369 Å². The van der Waals surface area contributed by atoms with E-state index in [1.165, 1.54) is 38.5 Å². The molecule has 346 valence electrons. The van der Waals surface area contributed by atoms with Gasteiger partial charge >= 0.3 is 6.09 Å². The predicted molar refractivity (Wildman–Crippen MR) is 238 cm³/mol. The molecule has 2 aromatic carbocycles. The van der Waals surface area contributed by atoms with Gasteiger partial charge in [-0.15, -0.1) is 0 Å². The van der Waals surface area contributed by atoms with E-state index in [9.17, 15) is 28.0 Å². The molecule has 0 spiro atoms. The number of hydrogen-bond donors (Lipinski definition) is 4. The van der Waals surface area contributed by atoms with Gasteiger partial charge < -0.3 is 49.3 Å². The molecule has 2 aliphatic heterocycles. The van der Waals surface area contributed by atoms with E-state index in [0.717, 1.165) is 34.7 Å². The number of carbonyl (C=O) groups excluding carboxylic acids is 4. The Morgan fingerprint density at radius 1 is 0.746 bits per heavy atom. The van der Waals surface area contributed by atoms with Gasteiger partial charge in [0.15, 0.2) is 0 Å². The van der Waals surface area contributed by atoms with Crippen molar-refractivity contribution in [1.82, 2.24) is 30.4 Å². The number of methoxy groups -OCH3 is 3. The van der Waals surface area contributed by atoms with Crippen LogP contribution in [0.3, 0.4) is 0 Å². The van der Waals surface area contributed by atoms with Crippen molar-refractivity contribution in [2.24, 2.45) is 0 Å². The van der Waals surface area contributed by atoms with Crippen LogP contribution < -0.4 is 10.6 Å². The van der Waals surface area contributed by atoms with Crippen LogP contribution >= 0.6 is 0 Å². The second kappa shape index (κ2) is 20.6. The molecule has 0 radical (unpaired) electrons. The largest absolute Gasteiger partial charge is 0.444 e. The molecule has 2 fully saturated rings. The minimum absolute atomic E-state index is 0.0417. The zero-order valence-corrected chi connectivity index (χ0v) is 38.6. The van der Waals surface area contributed by atoms with Crippen molar-refractivity contribution in [1.29, 1.82) is 0 Å². The quantitative estimate of drug-likeness (QED) is 0.0968. The molecule has 4 heterocycles.